The molecule has 0 aliphatic carbocycles. The van der Waals surface area contributed by atoms with E-state index in [-0.39, 0.29) is 29.1 Å². The number of dihydropyridines is 1. The Morgan fingerprint density at radius 2 is 1.94 bits per heavy atom. The van der Waals surface area contributed by atoms with Gasteiger partial charge in [-0.1, -0.05) is 18.2 Å². The van der Waals surface area contributed by atoms with Gasteiger partial charge in [-0.2, -0.15) is 18.4 Å². The molecule has 0 bridgehead atoms. The van der Waals surface area contributed by atoms with Gasteiger partial charge in [-0.3, -0.25) is 4.98 Å². The summed E-state index contributed by atoms with van der Waals surface area (Å²) in [4.78, 5) is 17.8. The van der Waals surface area contributed by atoms with Crippen LogP contribution in [0, 0.1) is 11.3 Å². The maximum atomic E-state index is 13.8. The number of hydrogen-bond donors (Lipinski definition) is 1. The van der Waals surface area contributed by atoms with Crippen molar-refractivity contribution in [1.29, 1.82) is 5.26 Å². The molecule has 9 heteroatoms. The Hall–Kier alpha value is -3.25. The van der Waals surface area contributed by atoms with Crippen molar-refractivity contribution in [2.75, 3.05) is 12.4 Å². The first-order valence-electron chi connectivity index (χ1n) is 9.74. The fourth-order valence-corrected chi connectivity index (χ4v) is 4.37. The fourth-order valence-electron chi connectivity index (χ4n) is 3.52. The number of nitriles is 1. The number of ether oxygens (including phenoxy) is 1. The smallest absolute Gasteiger partial charge is 0.416 e. The zero-order valence-corrected chi connectivity index (χ0v) is 18.2. The quantitative estimate of drug-likeness (QED) is 0.473. The molecular weight excluding hydrogens is 439 g/mol. The lowest BCUT2D eigenvalue weighted by Gasteiger charge is -2.31. The van der Waals surface area contributed by atoms with Gasteiger partial charge in [0.05, 0.1) is 35.3 Å². The molecule has 0 fully saturated rings. The van der Waals surface area contributed by atoms with E-state index in [1.54, 1.807) is 38.4 Å². The molecule has 0 amide bonds. The molecule has 1 aliphatic rings. The number of esters is 1. The van der Waals surface area contributed by atoms with Gasteiger partial charge in [-0.15, -0.1) is 11.8 Å². The number of benzene rings is 1. The van der Waals surface area contributed by atoms with Gasteiger partial charge in [0.25, 0.3) is 0 Å². The molecule has 32 heavy (non-hydrogen) atoms. The zero-order chi connectivity index (χ0) is 23.3. The molecule has 1 aliphatic heterocycles. The Morgan fingerprint density at radius 3 is 2.56 bits per heavy atom. The first kappa shape index (κ1) is 23.4. The van der Waals surface area contributed by atoms with E-state index in [2.05, 4.69) is 10.3 Å². The number of hydrogen-bond acceptors (Lipinski definition) is 6. The zero-order valence-electron chi connectivity index (χ0n) is 17.4. The van der Waals surface area contributed by atoms with Gasteiger partial charge >= 0.3 is 12.1 Å². The van der Waals surface area contributed by atoms with Crippen molar-refractivity contribution in [3.8, 4) is 6.07 Å². The highest BCUT2D eigenvalue weighted by Gasteiger charge is 2.41. The average Bonchev–Trinajstić information content (AvgIpc) is 2.77. The largest absolute Gasteiger partial charge is 0.463 e. The maximum Gasteiger partial charge on any atom is 0.416 e. The van der Waals surface area contributed by atoms with Crippen molar-refractivity contribution < 1.29 is 22.7 Å². The molecule has 0 radical (unpaired) electrons. The summed E-state index contributed by atoms with van der Waals surface area (Å²) in [6.07, 6.45) is -1.40. The molecule has 1 atom stereocenters. The Labute approximate surface area is 188 Å². The van der Waals surface area contributed by atoms with Crippen molar-refractivity contribution in [3.63, 3.8) is 0 Å². The first-order chi connectivity index (χ1) is 15.3. The number of rotatable bonds is 6. The van der Waals surface area contributed by atoms with E-state index >= 15 is 0 Å². The van der Waals surface area contributed by atoms with E-state index in [9.17, 15) is 23.2 Å². The van der Waals surface area contributed by atoms with Crippen molar-refractivity contribution in [2.24, 2.45) is 0 Å². The van der Waals surface area contributed by atoms with Gasteiger partial charge in [-0.05, 0) is 37.6 Å². The predicted molar refractivity (Wildman–Crippen MR) is 114 cm³/mol. The van der Waals surface area contributed by atoms with Crippen LogP contribution in [0.25, 0.3) is 0 Å². The molecule has 1 aromatic carbocycles. The minimum Gasteiger partial charge on any atom is -0.463 e. The number of thioether (sulfide) groups is 1. The second-order valence-corrected chi connectivity index (χ2v) is 7.93. The minimum absolute atomic E-state index is 0.00672. The van der Waals surface area contributed by atoms with Crippen molar-refractivity contribution in [2.45, 2.75) is 30.8 Å². The van der Waals surface area contributed by atoms with Crippen LogP contribution in [0.3, 0.4) is 0 Å². The summed E-state index contributed by atoms with van der Waals surface area (Å²) in [5, 5.41) is 12.8. The minimum atomic E-state index is -4.65. The van der Waals surface area contributed by atoms with Gasteiger partial charge in [0.1, 0.15) is 0 Å². The third kappa shape index (κ3) is 4.97. The van der Waals surface area contributed by atoms with Gasteiger partial charge in [-0.25, -0.2) is 4.79 Å². The lowest BCUT2D eigenvalue weighted by molar-refractivity contribution is -0.140. The van der Waals surface area contributed by atoms with Crippen LogP contribution in [0.15, 0.2) is 76.2 Å². The summed E-state index contributed by atoms with van der Waals surface area (Å²) in [7, 11) is 0. The normalized spacial score (nSPS) is 16.4. The molecule has 2 aromatic rings. The Bertz CT molecular complexity index is 1110. The molecule has 1 aromatic heterocycles. The second-order valence-electron chi connectivity index (χ2n) is 6.88. The lowest BCUT2D eigenvalue weighted by atomic mass is 9.79. The number of aromatic nitrogens is 1. The van der Waals surface area contributed by atoms with E-state index < -0.39 is 23.6 Å². The highest BCUT2D eigenvalue weighted by atomic mass is 32.2. The molecule has 1 N–H and O–H groups in total. The summed E-state index contributed by atoms with van der Waals surface area (Å²) >= 11 is 1.39. The van der Waals surface area contributed by atoms with E-state index in [1.807, 2.05) is 6.07 Å². The predicted octanol–water partition coefficient (Wildman–Crippen LogP) is 5.19. The monoisotopic (exact) mass is 459 g/mol. The fraction of sp³-hybridized carbons (Fsp3) is 0.261. The third-order valence-electron chi connectivity index (χ3n) is 4.87. The summed E-state index contributed by atoms with van der Waals surface area (Å²) < 4.78 is 46.7. The van der Waals surface area contributed by atoms with Crippen molar-refractivity contribution in [3.05, 3.63) is 82.5 Å². The number of nitrogens with one attached hydrogen (secondary N) is 1. The number of allylic oxidation sites excluding steroid dienone is 2. The van der Waals surface area contributed by atoms with Gasteiger partial charge in [0.2, 0.25) is 0 Å². The summed E-state index contributed by atoms with van der Waals surface area (Å²) in [6.45, 7) is 3.27. The topological polar surface area (TPSA) is 75.0 Å². The highest BCUT2D eigenvalue weighted by molar-refractivity contribution is 7.99. The third-order valence-corrected chi connectivity index (χ3v) is 5.91. The number of pyridine rings is 1. The van der Waals surface area contributed by atoms with Crippen LogP contribution in [-0.4, -0.2) is 23.3 Å². The molecule has 0 saturated carbocycles. The van der Waals surface area contributed by atoms with Gasteiger partial charge in [0, 0.05) is 34.4 Å². The van der Waals surface area contributed by atoms with Crippen LogP contribution < -0.4 is 5.32 Å². The van der Waals surface area contributed by atoms with Crippen LogP contribution in [0.2, 0.25) is 0 Å². The Balaban J connectivity index is 2.18. The number of halogens is 3. The summed E-state index contributed by atoms with van der Waals surface area (Å²) in [5.41, 5.74) is -0.200. The van der Waals surface area contributed by atoms with Gasteiger partial charge < -0.3 is 10.1 Å². The number of nitrogens with zero attached hydrogens (tertiary/aromatic N) is 2. The van der Waals surface area contributed by atoms with E-state index in [4.69, 9.17) is 4.74 Å². The molecule has 0 saturated heterocycles. The van der Waals surface area contributed by atoms with Crippen LogP contribution in [0.5, 0.6) is 0 Å². The van der Waals surface area contributed by atoms with Crippen molar-refractivity contribution >= 4 is 17.7 Å². The SMILES string of the molecule is CCOC(=O)C1=C(CSc2ccncc2)NC(C)=C(C#N)C1c1ccccc1C(F)(F)F. The van der Waals surface area contributed by atoms with Gasteiger partial charge in [0.15, 0.2) is 0 Å². The van der Waals surface area contributed by atoms with Crippen LogP contribution in [-0.2, 0) is 15.7 Å². The van der Waals surface area contributed by atoms with Crippen LogP contribution in [0.1, 0.15) is 30.9 Å². The second kappa shape index (κ2) is 9.92. The van der Waals surface area contributed by atoms with Crippen molar-refractivity contribution in [1.82, 2.24) is 10.3 Å². The number of carbonyl (C=O) groups is 1. The van der Waals surface area contributed by atoms with Crippen LogP contribution >= 0.6 is 11.8 Å². The molecule has 1 unspecified atom stereocenters. The maximum absolute atomic E-state index is 13.8. The highest BCUT2D eigenvalue weighted by Crippen LogP contribution is 2.44. The molecule has 3 rings (SSSR count). The molecule has 5 nitrogen and oxygen atoms in total. The standard InChI is InChI=1S/C23H20F3N3O2S/c1-3-31-22(30)21-19(13-32-15-8-10-28-11-9-15)29-14(2)17(12-27)20(21)16-6-4-5-7-18(16)23(24,25)26/h4-11,20,29H,3,13H2,1-2H3. The summed E-state index contributed by atoms with van der Waals surface area (Å²) in [6, 6.07) is 10.6. The summed E-state index contributed by atoms with van der Waals surface area (Å²) in [5.74, 6) is -1.70. The van der Waals surface area contributed by atoms with E-state index in [0.29, 0.717) is 11.4 Å². The number of alkyl halides is 3. The Kier molecular flexibility index (Phi) is 7.26. The average molecular weight is 459 g/mol. The molecule has 166 valence electrons. The molecule has 0 spiro atoms. The molecular formula is C23H20F3N3O2S. The Morgan fingerprint density at radius 1 is 1.25 bits per heavy atom. The molecule has 2 heterocycles. The lowest BCUT2D eigenvalue weighted by Crippen LogP contribution is -2.31. The first-order valence-corrected chi connectivity index (χ1v) is 10.7. The van der Waals surface area contributed by atoms with E-state index in [1.165, 1.54) is 30.0 Å². The van der Waals surface area contributed by atoms with Crippen LogP contribution in [0.4, 0.5) is 13.2 Å². The number of carbonyl (C=O) groups excluding carboxylic acids is 1. The van der Waals surface area contributed by atoms with E-state index in [0.717, 1.165) is 11.0 Å².